The maximum absolute atomic E-state index is 12.9. The van der Waals surface area contributed by atoms with E-state index in [1.807, 2.05) is 62.4 Å². The average Bonchev–Trinajstić information content (AvgIpc) is 2.98. The summed E-state index contributed by atoms with van der Waals surface area (Å²) < 4.78 is 0. The van der Waals surface area contributed by atoms with Crippen LogP contribution in [0.3, 0.4) is 0 Å². The molecule has 0 spiro atoms. The monoisotopic (exact) mass is 372 g/mol. The SMILES string of the molecule is CCN1C(=O)/C(=C\c2cccc3ccccc23)SC1=Nc1ccc(C)cc1. The van der Waals surface area contributed by atoms with E-state index >= 15 is 0 Å². The summed E-state index contributed by atoms with van der Waals surface area (Å²) in [5.41, 5.74) is 3.11. The molecule has 0 radical (unpaired) electrons. The highest BCUT2D eigenvalue weighted by molar-refractivity contribution is 8.18. The Kier molecular flexibility index (Phi) is 4.82. The van der Waals surface area contributed by atoms with E-state index in [9.17, 15) is 4.79 Å². The minimum Gasteiger partial charge on any atom is -0.287 e. The predicted molar refractivity (Wildman–Crippen MR) is 115 cm³/mol. The molecule has 0 bridgehead atoms. The normalized spacial score (nSPS) is 17.4. The molecule has 27 heavy (non-hydrogen) atoms. The van der Waals surface area contributed by atoms with Crippen molar-refractivity contribution < 1.29 is 4.79 Å². The second-order valence-electron chi connectivity index (χ2n) is 6.46. The van der Waals surface area contributed by atoms with Crippen LogP contribution in [0.2, 0.25) is 0 Å². The number of hydrogen-bond acceptors (Lipinski definition) is 3. The molecule has 1 heterocycles. The van der Waals surface area contributed by atoms with Crippen LogP contribution >= 0.6 is 11.8 Å². The number of amidine groups is 1. The molecule has 0 aliphatic carbocycles. The summed E-state index contributed by atoms with van der Waals surface area (Å²) in [4.78, 5) is 20.0. The van der Waals surface area contributed by atoms with E-state index in [-0.39, 0.29) is 5.91 Å². The van der Waals surface area contributed by atoms with Gasteiger partial charge in [-0.15, -0.1) is 0 Å². The largest absolute Gasteiger partial charge is 0.287 e. The minimum atomic E-state index is 0.0151. The molecule has 1 aliphatic heterocycles. The smallest absolute Gasteiger partial charge is 0.266 e. The van der Waals surface area contributed by atoms with E-state index in [1.165, 1.54) is 22.7 Å². The average molecular weight is 372 g/mol. The number of hydrogen-bond donors (Lipinski definition) is 0. The lowest BCUT2D eigenvalue weighted by molar-refractivity contribution is -0.122. The Labute approximate surface area is 163 Å². The zero-order valence-corrected chi connectivity index (χ0v) is 16.2. The number of thioether (sulfide) groups is 1. The third-order valence-corrected chi connectivity index (χ3v) is 5.58. The number of carbonyl (C=O) groups excluding carboxylic acids is 1. The fraction of sp³-hybridized carbons (Fsp3) is 0.130. The molecule has 0 atom stereocenters. The number of benzene rings is 3. The van der Waals surface area contributed by atoms with Crippen molar-refractivity contribution >= 4 is 45.4 Å². The predicted octanol–water partition coefficient (Wildman–Crippen LogP) is 5.77. The highest BCUT2D eigenvalue weighted by Gasteiger charge is 2.32. The topological polar surface area (TPSA) is 32.7 Å². The maximum atomic E-state index is 12.9. The van der Waals surface area contributed by atoms with Gasteiger partial charge >= 0.3 is 0 Å². The quantitative estimate of drug-likeness (QED) is 0.547. The summed E-state index contributed by atoms with van der Waals surface area (Å²) in [6.07, 6.45) is 1.98. The van der Waals surface area contributed by atoms with E-state index in [1.54, 1.807) is 4.90 Å². The van der Waals surface area contributed by atoms with E-state index in [0.29, 0.717) is 11.4 Å². The Morgan fingerprint density at radius 3 is 2.52 bits per heavy atom. The molecule has 0 unspecified atom stereocenters. The summed E-state index contributed by atoms with van der Waals surface area (Å²) in [5, 5.41) is 3.05. The van der Waals surface area contributed by atoms with Gasteiger partial charge in [0.2, 0.25) is 0 Å². The molecule has 1 saturated heterocycles. The van der Waals surface area contributed by atoms with Crippen molar-refractivity contribution in [3.63, 3.8) is 0 Å². The van der Waals surface area contributed by atoms with Gasteiger partial charge in [0, 0.05) is 6.54 Å². The summed E-state index contributed by atoms with van der Waals surface area (Å²) in [6, 6.07) is 22.4. The third-order valence-electron chi connectivity index (χ3n) is 4.57. The molecule has 3 nitrogen and oxygen atoms in total. The molecule has 4 heteroatoms. The summed E-state index contributed by atoms with van der Waals surface area (Å²) in [6.45, 7) is 4.63. The number of amides is 1. The molecule has 1 fully saturated rings. The minimum absolute atomic E-state index is 0.0151. The van der Waals surface area contributed by atoms with Crippen LogP contribution in [0.25, 0.3) is 16.8 Å². The van der Waals surface area contributed by atoms with Crippen molar-refractivity contribution in [3.8, 4) is 0 Å². The first-order valence-corrected chi connectivity index (χ1v) is 9.82. The van der Waals surface area contributed by atoms with Crippen molar-refractivity contribution in [1.29, 1.82) is 0 Å². The van der Waals surface area contributed by atoms with Crippen molar-refractivity contribution in [2.24, 2.45) is 4.99 Å². The number of nitrogens with zero attached hydrogens (tertiary/aromatic N) is 2. The van der Waals surface area contributed by atoms with Crippen LogP contribution in [0.15, 0.2) is 76.6 Å². The van der Waals surface area contributed by atoms with E-state index < -0.39 is 0 Å². The van der Waals surface area contributed by atoms with Gasteiger partial charge in [-0.1, -0.05) is 60.2 Å². The Bertz CT molecular complexity index is 1060. The standard InChI is InChI=1S/C23H20N2OS/c1-3-25-22(26)21(27-23(25)24-19-13-11-16(2)12-14-19)15-18-9-6-8-17-7-4-5-10-20(17)18/h4-15H,3H2,1-2H3/b21-15+,24-23?. The fourth-order valence-corrected chi connectivity index (χ4v) is 4.17. The van der Waals surface area contributed by atoms with Crippen LogP contribution in [-0.4, -0.2) is 22.5 Å². The highest BCUT2D eigenvalue weighted by Crippen LogP contribution is 2.35. The van der Waals surface area contributed by atoms with Crippen LogP contribution in [0.4, 0.5) is 5.69 Å². The zero-order valence-electron chi connectivity index (χ0n) is 15.3. The van der Waals surface area contributed by atoms with Crippen molar-refractivity contribution in [1.82, 2.24) is 4.90 Å². The molecule has 3 aromatic rings. The first-order chi connectivity index (χ1) is 13.2. The molecule has 3 aromatic carbocycles. The summed E-state index contributed by atoms with van der Waals surface area (Å²) in [5.74, 6) is 0.0151. The third kappa shape index (κ3) is 3.53. The van der Waals surface area contributed by atoms with Gasteiger partial charge in [-0.3, -0.25) is 9.69 Å². The Balaban J connectivity index is 1.72. The molecule has 1 amide bonds. The molecular weight excluding hydrogens is 352 g/mol. The number of aryl methyl sites for hydroxylation is 1. The van der Waals surface area contributed by atoms with Crippen LogP contribution in [0.1, 0.15) is 18.1 Å². The van der Waals surface area contributed by atoms with Crippen molar-refractivity contribution in [3.05, 3.63) is 82.8 Å². The van der Waals surface area contributed by atoms with Gasteiger partial charge in [-0.05, 0) is 60.2 Å². The number of rotatable bonds is 3. The lowest BCUT2D eigenvalue weighted by Gasteiger charge is -2.12. The van der Waals surface area contributed by atoms with Crippen LogP contribution in [0, 0.1) is 6.92 Å². The lowest BCUT2D eigenvalue weighted by atomic mass is 10.0. The fourth-order valence-electron chi connectivity index (χ4n) is 3.12. The van der Waals surface area contributed by atoms with Gasteiger partial charge in [0.25, 0.3) is 5.91 Å². The highest BCUT2D eigenvalue weighted by atomic mass is 32.2. The Morgan fingerprint density at radius 1 is 1.00 bits per heavy atom. The Morgan fingerprint density at radius 2 is 1.74 bits per heavy atom. The van der Waals surface area contributed by atoms with Gasteiger partial charge in [-0.2, -0.15) is 0 Å². The molecule has 1 aliphatic rings. The number of fused-ring (bicyclic) bond motifs is 1. The molecule has 0 saturated carbocycles. The molecule has 0 N–H and O–H groups in total. The number of carbonyl (C=O) groups is 1. The van der Waals surface area contributed by atoms with E-state index in [0.717, 1.165) is 21.8 Å². The molecule has 134 valence electrons. The van der Waals surface area contributed by atoms with Gasteiger partial charge in [0.05, 0.1) is 10.6 Å². The van der Waals surface area contributed by atoms with Crippen LogP contribution < -0.4 is 0 Å². The van der Waals surface area contributed by atoms with Gasteiger partial charge in [0.15, 0.2) is 5.17 Å². The first kappa shape index (κ1) is 17.6. The molecule has 0 aromatic heterocycles. The maximum Gasteiger partial charge on any atom is 0.266 e. The van der Waals surface area contributed by atoms with Gasteiger partial charge < -0.3 is 0 Å². The zero-order chi connectivity index (χ0) is 18.8. The van der Waals surface area contributed by atoms with Gasteiger partial charge in [0.1, 0.15) is 0 Å². The second kappa shape index (κ2) is 7.41. The number of aliphatic imine (C=N–C) groups is 1. The summed E-state index contributed by atoms with van der Waals surface area (Å²) >= 11 is 1.44. The molecule has 4 rings (SSSR count). The second-order valence-corrected chi connectivity index (χ2v) is 7.47. The summed E-state index contributed by atoms with van der Waals surface area (Å²) in [7, 11) is 0. The van der Waals surface area contributed by atoms with Gasteiger partial charge in [-0.25, -0.2) is 4.99 Å². The van der Waals surface area contributed by atoms with E-state index in [4.69, 9.17) is 4.99 Å². The lowest BCUT2D eigenvalue weighted by Crippen LogP contribution is -2.28. The Hall–Kier alpha value is -2.85. The van der Waals surface area contributed by atoms with Crippen molar-refractivity contribution in [2.45, 2.75) is 13.8 Å². The van der Waals surface area contributed by atoms with Crippen molar-refractivity contribution in [2.75, 3.05) is 6.54 Å². The molecular formula is C23H20N2OS. The van der Waals surface area contributed by atoms with E-state index in [2.05, 4.69) is 24.3 Å². The first-order valence-electron chi connectivity index (χ1n) is 9.00. The van der Waals surface area contributed by atoms with Crippen LogP contribution in [0.5, 0.6) is 0 Å². The van der Waals surface area contributed by atoms with Crippen LogP contribution in [-0.2, 0) is 4.79 Å². The number of likely N-dealkylation sites (N-methyl/N-ethyl adjacent to an activating group) is 1.